The second-order valence-corrected chi connectivity index (χ2v) is 6.24. The van der Waals surface area contributed by atoms with E-state index >= 15 is 0 Å². The minimum absolute atomic E-state index is 0.169. The first-order valence-electron chi connectivity index (χ1n) is 7.57. The third-order valence-electron chi connectivity index (χ3n) is 3.62. The molecule has 0 spiro atoms. The highest BCUT2D eigenvalue weighted by atomic mass is 35.5. The van der Waals surface area contributed by atoms with Gasteiger partial charge in [-0.15, -0.1) is 0 Å². The van der Waals surface area contributed by atoms with Crippen LogP contribution < -0.4 is 4.74 Å². The summed E-state index contributed by atoms with van der Waals surface area (Å²) >= 11 is 5.66. The van der Waals surface area contributed by atoms with Crippen LogP contribution in [0.3, 0.4) is 0 Å². The van der Waals surface area contributed by atoms with E-state index < -0.39 is 22.9 Å². The number of nitrogens with zero attached hydrogens (tertiary/aromatic N) is 5. The Labute approximate surface area is 156 Å². The molecule has 7 nitrogen and oxygen atoms in total. The molecule has 1 unspecified atom stereocenters. The first kappa shape index (κ1) is 19.1. The molecule has 0 saturated carbocycles. The van der Waals surface area contributed by atoms with E-state index in [-0.39, 0.29) is 23.3 Å². The maximum absolute atomic E-state index is 13.6. The van der Waals surface area contributed by atoms with Gasteiger partial charge in [-0.3, -0.25) is 0 Å². The molecule has 1 N–H and O–H groups in total. The Balaban J connectivity index is 1.95. The molecule has 3 aromatic heterocycles. The molecule has 0 aliphatic carbocycles. The summed E-state index contributed by atoms with van der Waals surface area (Å²) in [5.41, 5.74) is -3.38. The molecule has 0 saturated heterocycles. The molecule has 0 fully saturated rings. The van der Waals surface area contributed by atoms with Crippen LogP contribution in [0.15, 0.2) is 43.2 Å². The van der Waals surface area contributed by atoms with Crippen molar-refractivity contribution in [1.82, 2.24) is 24.7 Å². The van der Waals surface area contributed by atoms with E-state index in [1.807, 2.05) is 0 Å². The SMILES string of the molecule is CC(O)(Cn1cncn1)c1cnc(Oc2ccc(Cl)nc2)cc1C(F)(F)F. The normalized spacial score (nSPS) is 14.0. The van der Waals surface area contributed by atoms with E-state index in [2.05, 4.69) is 20.1 Å². The molecule has 1 atom stereocenters. The van der Waals surface area contributed by atoms with E-state index in [4.69, 9.17) is 16.3 Å². The van der Waals surface area contributed by atoms with Crippen molar-refractivity contribution < 1.29 is 23.0 Å². The fraction of sp³-hybridized carbons (Fsp3) is 0.250. The summed E-state index contributed by atoms with van der Waals surface area (Å²) < 4.78 is 47.2. The van der Waals surface area contributed by atoms with Gasteiger partial charge in [0.25, 0.3) is 0 Å². The van der Waals surface area contributed by atoms with Gasteiger partial charge in [0.05, 0.1) is 18.3 Å². The van der Waals surface area contributed by atoms with E-state index in [9.17, 15) is 18.3 Å². The molecule has 3 rings (SSSR count). The maximum atomic E-state index is 13.6. The lowest BCUT2D eigenvalue weighted by molar-refractivity contribution is -0.141. The van der Waals surface area contributed by atoms with Gasteiger partial charge in [-0.05, 0) is 19.1 Å². The average Bonchev–Trinajstić information content (AvgIpc) is 3.08. The predicted molar refractivity (Wildman–Crippen MR) is 88.2 cm³/mol. The van der Waals surface area contributed by atoms with Crippen LogP contribution in [0.5, 0.6) is 11.6 Å². The predicted octanol–water partition coefficient (Wildman–Crippen LogP) is 3.44. The van der Waals surface area contributed by atoms with Crippen molar-refractivity contribution in [2.24, 2.45) is 0 Å². The zero-order chi connectivity index (χ0) is 19.7. The number of ether oxygens (including phenoxy) is 1. The van der Waals surface area contributed by atoms with Crippen LogP contribution in [0.25, 0.3) is 0 Å². The lowest BCUT2D eigenvalue weighted by Gasteiger charge is -2.26. The molecule has 0 aromatic carbocycles. The van der Waals surface area contributed by atoms with E-state index in [0.717, 1.165) is 12.3 Å². The summed E-state index contributed by atoms with van der Waals surface area (Å²) in [6.07, 6.45) is -0.0399. The van der Waals surface area contributed by atoms with Crippen molar-refractivity contribution in [3.8, 4) is 11.6 Å². The van der Waals surface area contributed by atoms with Crippen molar-refractivity contribution >= 4 is 11.6 Å². The number of hydrogen-bond donors (Lipinski definition) is 1. The van der Waals surface area contributed by atoms with Gasteiger partial charge >= 0.3 is 6.18 Å². The Bertz CT molecular complexity index is 915. The first-order chi connectivity index (χ1) is 12.6. The number of aliphatic hydroxyl groups is 1. The van der Waals surface area contributed by atoms with E-state index in [1.165, 1.54) is 42.6 Å². The van der Waals surface area contributed by atoms with Gasteiger partial charge in [0.15, 0.2) is 0 Å². The Morgan fingerprint density at radius 1 is 1.19 bits per heavy atom. The minimum Gasteiger partial charge on any atom is -0.437 e. The first-order valence-corrected chi connectivity index (χ1v) is 7.95. The molecule has 0 radical (unpaired) electrons. The molecular formula is C16H13ClF3N5O2. The van der Waals surface area contributed by atoms with E-state index in [1.54, 1.807) is 0 Å². The number of halogens is 4. The second-order valence-electron chi connectivity index (χ2n) is 5.85. The molecule has 0 aliphatic heterocycles. The van der Waals surface area contributed by atoms with Crippen LogP contribution in [0.1, 0.15) is 18.1 Å². The topological polar surface area (TPSA) is 86.0 Å². The quantitative estimate of drug-likeness (QED) is 0.661. The lowest BCUT2D eigenvalue weighted by Crippen LogP contribution is -2.31. The highest BCUT2D eigenvalue weighted by Gasteiger charge is 2.40. The van der Waals surface area contributed by atoms with Crippen molar-refractivity contribution in [2.75, 3.05) is 0 Å². The van der Waals surface area contributed by atoms with Crippen LogP contribution in [-0.4, -0.2) is 29.8 Å². The monoisotopic (exact) mass is 399 g/mol. The molecule has 3 aromatic rings. The maximum Gasteiger partial charge on any atom is 0.417 e. The molecular weight excluding hydrogens is 387 g/mol. The van der Waals surface area contributed by atoms with Gasteiger partial charge in [-0.1, -0.05) is 11.6 Å². The van der Waals surface area contributed by atoms with Crippen LogP contribution in [-0.2, 0) is 18.3 Å². The van der Waals surface area contributed by atoms with Gasteiger partial charge < -0.3 is 9.84 Å². The summed E-state index contributed by atoms with van der Waals surface area (Å²) in [5.74, 6) is -0.131. The number of aromatic nitrogens is 5. The van der Waals surface area contributed by atoms with Gasteiger partial charge in [0.1, 0.15) is 29.2 Å². The van der Waals surface area contributed by atoms with Gasteiger partial charge in [0, 0.05) is 17.8 Å². The Kier molecular flexibility index (Phi) is 5.03. The van der Waals surface area contributed by atoms with Crippen molar-refractivity contribution in [3.05, 3.63) is 59.5 Å². The molecule has 142 valence electrons. The lowest BCUT2D eigenvalue weighted by atomic mass is 9.92. The van der Waals surface area contributed by atoms with Crippen LogP contribution >= 0.6 is 11.6 Å². The molecule has 27 heavy (non-hydrogen) atoms. The molecule has 3 heterocycles. The summed E-state index contributed by atoms with van der Waals surface area (Å²) in [6.45, 7) is 1.00. The van der Waals surface area contributed by atoms with Crippen molar-refractivity contribution in [2.45, 2.75) is 25.2 Å². The highest BCUT2D eigenvalue weighted by Crippen LogP contribution is 2.39. The summed E-state index contributed by atoms with van der Waals surface area (Å²) in [5, 5.41) is 14.6. The highest BCUT2D eigenvalue weighted by molar-refractivity contribution is 6.29. The Morgan fingerprint density at radius 3 is 2.56 bits per heavy atom. The zero-order valence-corrected chi connectivity index (χ0v) is 14.6. The third-order valence-corrected chi connectivity index (χ3v) is 3.85. The van der Waals surface area contributed by atoms with Crippen LogP contribution in [0.4, 0.5) is 13.2 Å². The summed E-state index contributed by atoms with van der Waals surface area (Å²) in [4.78, 5) is 11.4. The summed E-state index contributed by atoms with van der Waals surface area (Å²) in [6, 6.07) is 3.59. The molecule has 0 aliphatic rings. The van der Waals surface area contributed by atoms with E-state index in [0.29, 0.717) is 0 Å². The molecule has 0 amide bonds. The number of pyridine rings is 2. The second kappa shape index (κ2) is 7.12. The smallest absolute Gasteiger partial charge is 0.417 e. The zero-order valence-electron chi connectivity index (χ0n) is 13.9. The van der Waals surface area contributed by atoms with Gasteiger partial charge in [0.2, 0.25) is 5.88 Å². The Hall–Kier alpha value is -2.72. The third kappa shape index (κ3) is 4.52. The average molecular weight is 400 g/mol. The molecule has 11 heteroatoms. The fourth-order valence-electron chi connectivity index (χ4n) is 2.41. The van der Waals surface area contributed by atoms with Crippen molar-refractivity contribution in [3.63, 3.8) is 0 Å². The van der Waals surface area contributed by atoms with Crippen LogP contribution in [0, 0.1) is 0 Å². The number of alkyl halides is 3. The largest absolute Gasteiger partial charge is 0.437 e. The van der Waals surface area contributed by atoms with Crippen LogP contribution in [0.2, 0.25) is 5.15 Å². The summed E-state index contributed by atoms with van der Waals surface area (Å²) in [7, 11) is 0. The molecule has 0 bridgehead atoms. The van der Waals surface area contributed by atoms with Gasteiger partial charge in [-0.2, -0.15) is 18.3 Å². The standard InChI is InChI=1S/C16H13ClF3N5O2/c1-15(26,7-25-9-21-8-24-25)12-6-23-14(4-11(12)16(18,19)20)27-10-2-3-13(17)22-5-10/h2-6,8-9,26H,7H2,1H3. The number of rotatable bonds is 5. The van der Waals surface area contributed by atoms with Gasteiger partial charge in [-0.25, -0.2) is 19.6 Å². The Morgan fingerprint density at radius 2 is 1.96 bits per heavy atom. The van der Waals surface area contributed by atoms with Crippen molar-refractivity contribution in [1.29, 1.82) is 0 Å². The number of hydrogen-bond acceptors (Lipinski definition) is 6. The fourth-order valence-corrected chi connectivity index (χ4v) is 2.53. The minimum atomic E-state index is -4.74.